The monoisotopic (exact) mass is 399 g/mol. The molecular weight excluding hydrogens is 381 g/mol. The first kappa shape index (κ1) is 19.3. The van der Waals surface area contributed by atoms with Crippen molar-refractivity contribution in [1.29, 1.82) is 0 Å². The molecule has 3 aromatic rings. The molecule has 0 unspecified atom stereocenters. The fraction of sp³-hybridized carbons (Fsp3) is 0.190. The van der Waals surface area contributed by atoms with E-state index in [9.17, 15) is 5.11 Å². The lowest BCUT2D eigenvalue weighted by molar-refractivity contribution is 0.475. The molecule has 3 rings (SSSR count). The molecule has 0 bridgehead atoms. The first-order valence-electron chi connectivity index (χ1n) is 8.43. The Kier molecular flexibility index (Phi) is 6.08. The minimum absolute atomic E-state index is 0.228. The van der Waals surface area contributed by atoms with Gasteiger partial charge in [0.25, 0.3) is 0 Å². The summed E-state index contributed by atoms with van der Waals surface area (Å²) >= 11 is 12.3. The molecular formula is C21H19Cl2N3O. The van der Waals surface area contributed by atoms with Gasteiger partial charge >= 0.3 is 0 Å². The quantitative estimate of drug-likeness (QED) is 0.603. The van der Waals surface area contributed by atoms with E-state index < -0.39 is 0 Å². The van der Waals surface area contributed by atoms with Crippen LogP contribution in [-0.2, 0) is 13.0 Å². The van der Waals surface area contributed by atoms with E-state index >= 15 is 0 Å². The van der Waals surface area contributed by atoms with Gasteiger partial charge in [-0.1, -0.05) is 41.3 Å². The largest absolute Gasteiger partial charge is 0.508 e. The number of halogens is 2. The number of nitrogens with two attached hydrogens (primary N) is 1. The minimum atomic E-state index is -0.326. The number of hydrogen-bond acceptors (Lipinski definition) is 3. The SMILES string of the molecule is CC#CCn1cc(-c2ccc(Cl)cc2Cl)nc1[C@@H](N)Cc1ccc(O)cc1. The van der Waals surface area contributed by atoms with Gasteiger partial charge in [-0.3, -0.25) is 0 Å². The number of hydrogen-bond donors (Lipinski definition) is 2. The van der Waals surface area contributed by atoms with Gasteiger partial charge in [-0.15, -0.1) is 5.92 Å². The molecule has 3 N–H and O–H groups in total. The summed E-state index contributed by atoms with van der Waals surface area (Å²) in [6.45, 7) is 2.29. The van der Waals surface area contributed by atoms with Gasteiger partial charge in [0.05, 0.1) is 23.3 Å². The molecule has 27 heavy (non-hydrogen) atoms. The summed E-state index contributed by atoms with van der Waals surface area (Å²) < 4.78 is 1.95. The summed E-state index contributed by atoms with van der Waals surface area (Å²) in [4.78, 5) is 4.73. The van der Waals surface area contributed by atoms with E-state index in [4.69, 9.17) is 33.9 Å². The van der Waals surface area contributed by atoms with Crippen LogP contribution in [0.4, 0.5) is 0 Å². The third-order valence-corrected chi connectivity index (χ3v) is 4.71. The van der Waals surface area contributed by atoms with Crippen molar-refractivity contribution in [2.75, 3.05) is 0 Å². The average molecular weight is 400 g/mol. The normalized spacial score (nSPS) is 11.7. The lowest BCUT2D eigenvalue weighted by atomic mass is 10.1. The summed E-state index contributed by atoms with van der Waals surface area (Å²) in [5.41, 5.74) is 8.98. The van der Waals surface area contributed by atoms with Crippen LogP contribution in [0, 0.1) is 11.8 Å². The lowest BCUT2D eigenvalue weighted by Crippen LogP contribution is -2.18. The van der Waals surface area contributed by atoms with E-state index in [1.54, 1.807) is 31.2 Å². The summed E-state index contributed by atoms with van der Waals surface area (Å²) in [5, 5.41) is 10.5. The summed E-state index contributed by atoms with van der Waals surface area (Å²) in [6, 6.07) is 12.0. The number of imidazole rings is 1. The van der Waals surface area contributed by atoms with E-state index in [-0.39, 0.29) is 11.8 Å². The van der Waals surface area contributed by atoms with E-state index in [1.165, 1.54) is 0 Å². The number of rotatable bonds is 5. The van der Waals surface area contributed by atoms with Crippen LogP contribution in [0.25, 0.3) is 11.3 Å². The van der Waals surface area contributed by atoms with E-state index in [1.807, 2.05) is 29.0 Å². The van der Waals surface area contributed by atoms with Gasteiger partial charge in [0.2, 0.25) is 0 Å². The Labute approximate surface area is 168 Å². The number of benzene rings is 2. The first-order chi connectivity index (χ1) is 13.0. The van der Waals surface area contributed by atoms with E-state index in [0.29, 0.717) is 23.0 Å². The fourth-order valence-corrected chi connectivity index (χ4v) is 3.33. The molecule has 0 radical (unpaired) electrons. The maximum absolute atomic E-state index is 9.44. The summed E-state index contributed by atoms with van der Waals surface area (Å²) in [6.07, 6.45) is 2.50. The van der Waals surface area contributed by atoms with Gasteiger partial charge in [0.1, 0.15) is 11.6 Å². The van der Waals surface area contributed by atoms with Crippen LogP contribution in [-0.4, -0.2) is 14.7 Å². The molecule has 0 aliphatic carbocycles. The van der Waals surface area contributed by atoms with Crippen molar-refractivity contribution in [2.24, 2.45) is 5.73 Å². The van der Waals surface area contributed by atoms with Crippen molar-refractivity contribution < 1.29 is 5.11 Å². The van der Waals surface area contributed by atoms with Gasteiger partial charge in [-0.2, -0.15) is 0 Å². The number of phenols is 1. The molecule has 2 aromatic carbocycles. The van der Waals surface area contributed by atoms with Gasteiger partial charge in [-0.05, 0) is 49.2 Å². The summed E-state index contributed by atoms with van der Waals surface area (Å²) in [5.74, 6) is 6.90. The maximum Gasteiger partial charge on any atom is 0.127 e. The number of aromatic hydroxyl groups is 1. The number of nitrogens with zero attached hydrogens (tertiary/aromatic N) is 2. The molecule has 0 amide bonds. The molecule has 1 heterocycles. The molecule has 0 saturated carbocycles. The van der Waals surface area contributed by atoms with Crippen molar-refractivity contribution in [2.45, 2.75) is 25.9 Å². The predicted octanol–water partition coefficient (Wildman–Crippen LogP) is 4.83. The molecule has 4 nitrogen and oxygen atoms in total. The average Bonchev–Trinajstić information content (AvgIpc) is 3.06. The van der Waals surface area contributed by atoms with Crippen molar-refractivity contribution in [3.8, 4) is 28.8 Å². The topological polar surface area (TPSA) is 64.1 Å². The van der Waals surface area contributed by atoms with Crippen LogP contribution in [0.1, 0.15) is 24.4 Å². The van der Waals surface area contributed by atoms with Crippen LogP contribution in [0.15, 0.2) is 48.7 Å². The zero-order valence-electron chi connectivity index (χ0n) is 14.8. The molecule has 1 atom stereocenters. The highest BCUT2D eigenvalue weighted by Gasteiger charge is 2.18. The Hall–Kier alpha value is -2.45. The standard InChI is InChI=1S/C21H19Cl2N3O/c1-2-3-10-26-13-20(17-9-6-15(22)12-18(17)23)25-21(26)19(24)11-14-4-7-16(27)8-5-14/h4-9,12-13,19,27H,10-11,24H2,1H3/t19-/m0/s1. The molecule has 0 aliphatic rings. The van der Waals surface area contributed by atoms with Crippen LogP contribution in [0.3, 0.4) is 0 Å². The molecule has 0 saturated heterocycles. The van der Waals surface area contributed by atoms with Crippen molar-refractivity contribution in [3.63, 3.8) is 0 Å². The van der Waals surface area contributed by atoms with Gasteiger partial charge < -0.3 is 15.4 Å². The molecule has 1 aromatic heterocycles. The Balaban J connectivity index is 1.95. The van der Waals surface area contributed by atoms with Gasteiger partial charge in [0.15, 0.2) is 0 Å². The third kappa shape index (κ3) is 4.64. The Bertz CT molecular complexity index is 1000. The Morgan fingerprint density at radius 1 is 1.19 bits per heavy atom. The van der Waals surface area contributed by atoms with Gasteiger partial charge in [-0.25, -0.2) is 4.98 Å². The Morgan fingerprint density at radius 3 is 2.59 bits per heavy atom. The lowest BCUT2D eigenvalue weighted by Gasteiger charge is -2.12. The van der Waals surface area contributed by atoms with Crippen LogP contribution < -0.4 is 5.73 Å². The number of phenolic OH excluding ortho intramolecular Hbond substituents is 1. The predicted molar refractivity (Wildman–Crippen MR) is 110 cm³/mol. The zero-order valence-corrected chi connectivity index (χ0v) is 16.3. The van der Waals surface area contributed by atoms with Crippen molar-refractivity contribution in [3.05, 3.63) is 70.1 Å². The molecule has 0 aliphatic heterocycles. The Morgan fingerprint density at radius 2 is 1.93 bits per heavy atom. The van der Waals surface area contributed by atoms with Gasteiger partial charge in [0, 0.05) is 16.8 Å². The zero-order chi connectivity index (χ0) is 19.4. The van der Waals surface area contributed by atoms with Crippen molar-refractivity contribution in [1.82, 2.24) is 9.55 Å². The van der Waals surface area contributed by atoms with Crippen LogP contribution in [0.5, 0.6) is 5.75 Å². The van der Waals surface area contributed by atoms with Crippen molar-refractivity contribution >= 4 is 23.2 Å². The second-order valence-corrected chi connectivity index (χ2v) is 6.98. The third-order valence-electron chi connectivity index (χ3n) is 4.16. The van der Waals surface area contributed by atoms with Crippen LogP contribution >= 0.6 is 23.2 Å². The second kappa shape index (κ2) is 8.49. The minimum Gasteiger partial charge on any atom is -0.508 e. The molecule has 138 valence electrons. The first-order valence-corrected chi connectivity index (χ1v) is 9.19. The van der Waals surface area contributed by atoms with E-state index in [2.05, 4.69) is 11.8 Å². The smallest absolute Gasteiger partial charge is 0.127 e. The summed E-state index contributed by atoms with van der Waals surface area (Å²) in [7, 11) is 0. The fourth-order valence-electron chi connectivity index (χ4n) is 2.82. The van der Waals surface area contributed by atoms with E-state index in [0.717, 1.165) is 22.6 Å². The second-order valence-electron chi connectivity index (χ2n) is 6.14. The van der Waals surface area contributed by atoms with Crippen LogP contribution in [0.2, 0.25) is 10.0 Å². The molecule has 0 spiro atoms. The highest BCUT2D eigenvalue weighted by atomic mass is 35.5. The molecule has 0 fully saturated rings. The highest BCUT2D eigenvalue weighted by molar-refractivity contribution is 6.36. The molecule has 6 heteroatoms. The number of aromatic nitrogens is 2. The maximum atomic E-state index is 9.44. The highest BCUT2D eigenvalue weighted by Crippen LogP contribution is 2.31.